The fourth-order valence-electron chi connectivity index (χ4n) is 2.84. The zero-order chi connectivity index (χ0) is 23.6. The number of hydrazone groups is 1. The number of amides is 2. The summed E-state index contributed by atoms with van der Waals surface area (Å²) in [4.78, 5) is 24.2. The number of hydrogen-bond donors (Lipinski definition) is 2. The maximum absolute atomic E-state index is 13.7. The van der Waals surface area contributed by atoms with Crippen molar-refractivity contribution >= 4 is 23.7 Å². The van der Waals surface area contributed by atoms with Gasteiger partial charge in [-0.25, -0.2) is 9.82 Å². The third kappa shape index (κ3) is 6.90. The lowest BCUT2D eigenvalue weighted by atomic mass is 10.2. The number of aryl methyl sites for hydroxylation is 1. The summed E-state index contributed by atoms with van der Waals surface area (Å²) in [6, 6.07) is 18.1. The normalized spacial score (nSPS) is 10.6. The quantitative estimate of drug-likeness (QED) is 0.376. The number of carbonyl (C=O) groups excluding carboxylic acids is 2. The van der Waals surface area contributed by atoms with Gasteiger partial charge >= 0.3 is 0 Å². The molecule has 0 aliphatic rings. The van der Waals surface area contributed by atoms with Gasteiger partial charge in [-0.1, -0.05) is 29.8 Å². The van der Waals surface area contributed by atoms with E-state index in [4.69, 9.17) is 9.47 Å². The number of rotatable bonds is 9. The van der Waals surface area contributed by atoms with Crippen molar-refractivity contribution in [1.82, 2.24) is 5.43 Å². The van der Waals surface area contributed by atoms with Crippen molar-refractivity contribution in [3.05, 3.63) is 89.2 Å². The number of carbonyl (C=O) groups is 2. The molecule has 7 nitrogen and oxygen atoms in total. The van der Waals surface area contributed by atoms with Gasteiger partial charge in [-0.05, 0) is 61.9 Å². The van der Waals surface area contributed by atoms with Crippen molar-refractivity contribution in [2.45, 2.75) is 13.8 Å². The summed E-state index contributed by atoms with van der Waals surface area (Å²) in [6.07, 6.45) is 1.40. The zero-order valence-electron chi connectivity index (χ0n) is 18.3. The molecule has 0 aliphatic carbocycles. The average Bonchev–Trinajstić information content (AvgIpc) is 2.80. The molecular weight excluding hydrogens is 425 g/mol. The molecule has 33 heavy (non-hydrogen) atoms. The van der Waals surface area contributed by atoms with Gasteiger partial charge in [-0.3, -0.25) is 9.59 Å². The summed E-state index contributed by atoms with van der Waals surface area (Å²) in [6.45, 7) is 3.98. The molecule has 8 heteroatoms. The van der Waals surface area contributed by atoms with Crippen molar-refractivity contribution < 1.29 is 23.5 Å². The summed E-state index contributed by atoms with van der Waals surface area (Å²) < 4.78 is 24.9. The molecule has 3 aromatic rings. The van der Waals surface area contributed by atoms with Crippen LogP contribution in [0.4, 0.5) is 10.1 Å². The van der Waals surface area contributed by atoms with E-state index in [1.807, 2.05) is 38.1 Å². The Morgan fingerprint density at radius 1 is 1.00 bits per heavy atom. The minimum Gasteiger partial charge on any atom is -0.490 e. The second-order valence-electron chi connectivity index (χ2n) is 7.02. The van der Waals surface area contributed by atoms with E-state index in [1.165, 1.54) is 24.4 Å². The Balaban J connectivity index is 1.60. The molecule has 0 bridgehead atoms. The Morgan fingerprint density at radius 3 is 2.48 bits per heavy atom. The lowest BCUT2D eigenvalue weighted by Gasteiger charge is -2.12. The van der Waals surface area contributed by atoms with Gasteiger partial charge in [-0.2, -0.15) is 5.10 Å². The maximum Gasteiger partial charge on any atom is 0.274 e. The molecule has 0 aliphatic heterocycles. The molecule has 0 heterocycles. The van der Waals surface area contributed by atoms with Gasteiger partial charge in [0.05, 0.1) is 18.4 Å². The highest BCUT2D eigenvalue weighted by molar-refractivity contribution is 5.95. The van der Waals surface area contributed by atoms with Crippen molar-refractivity contribution in [2.75, 3.05) is 18.5 Å². The van der Waals surface area contributed by atoms with Crippen LogP contribution in [0.2, 0.25) is 0 Å². The van der Waals surface area contributed by atoms with Crippen LogP contribution < -0.4 is 20.2 Å². The van der Waals surface area contributed by atoms with Crippen LogP contribution in [0.3, 0.4) is 0 Å². The van der Waals surface area contributed by atoms with Crippen LogP contribution >= 0.6 is 0 Å². The van der Waals surface area contributed by atoms with Crippen LogP contribution in [0.15, 0.2) is 71.8 Å². The minimum atomic E-state index is -0.658. The van der Waals surface area contributed by atoms with Crippen molar-refractivity contribution in [3.63, 3.8) is 0 Å². The molecule has 3 rings (SSSR count). The number of ether oxygens (including phenoxy) is 2. The molecule has 0 spiro atoms. The Kier molecular flexibility index (Phi) is 8.13. The summed E-state index contributed by atoms with van der Waals surface area (Å²) in [5.74, 6) is -0.776. The Bertz CT molecular complexity index is 1150. The minimum absolute atomic E-state index is 0.0997. The Morgan fingerprint density at radius 2 is 1.76 bits per heavy atom. The molecule has 0 saturated carbocycles. The Hall–Kier alpha value is -4.20. The van der Waals surface area contributed by atoms with Gasteiger partial charge in [0.25, 0.3) is 11.8 Å². The average molecular weight is 449 g/mol. The van der Waals surface area contributed by atoms with E-state index in [9.17, 15) is 14.0 Å². The van der Waals surface area contributed by atoms with Crippen molar-refractivity contribution in [3.8, 4) is 11.5 Å². The van der Waals surface area contributed by atoms with Crippen LogP contribution in [-0.2, 0) is 4.79 Å². The number of hydrogen-bond acceptors (Lipinski definition) is 5. The molecule has 0 unspecified atom stereocenters. The molecule has 0 radical (unpaired) electrons. The summed E-state index contributed by atoms with van der Waals surface area (Å²) >= 11 is 0. The first-order valence-corrected chi connectivity index (χ1v) is 10.3. The second-order valence-corrected chi connectivity index (χ2v) is 7.02. The smallest absolute Gasteiger partial charge is 0.274 e. The summed E-state index contributed by atoms with van der Waals surface area (Å²) in [5.41, 5.74) is 4.58. The van der Waals surface area contributed by atoms with Crippen LogP contribution in [0.25, 0.3) is 0 Å². The highest BCUT2D eigenvalue weighted by Gasteiger charge is 2.11. The highest BCUT2D eigenvalue weighted by Crippen LogP contribution is 2.28. The first-order chi connectivity index (χ1) is 16.0. The standard InChI is InChI=1S/C25H24FN3O4/c1-3-32-23-14-18(15-27-29-25(31)20-6-4-5-7-21(20)26)10-13-22(23)33-16-24(30)28-19-11-8-17(2)9-12-19/h4-15H,3,16H2,1-2H3,(H,28,30)(H,29,31)/b27-15-. The predicted octanol–water partition coefficient (Wildman–Crippen LogP) is 4.31. The molecule has 0 aromatic heterocycles. The summed E-state index contributed by atoms with van der Waals surface area (Å²) in [5, 5.41) is 6.63. The van der Waals surface area contributed by atoms with Gasteiger partial charge in [0, 0.05) is 5.69 Å². The van der Waals surface area contributed by atoms with E-state index in [-0.39, 0.29) is 18.1 Å². The lowest BCUT2D eigenvalue weighted by Crippen LogP contribution is -2.20. The van der Waals surface area contributed by atoms with Crippen LogP contribution in [0.1, 0.15) is 28.4 Å². The van der Waals surface area contributed by atoms with Crippen molar-refractivity contribution in [2.24, 2.45) is 5.10 Å². The fraction of sp³-hybridized carbons (Fsp3) is 0.160. The Labute approximate surface area is 191 Å². The molecule has 0 atom stereocenters. The summed E-state index contributed by atoms with van der Waals surface area (Å²) in [7, 11) is 0. The monoisotopic (exact) mass is 449 g/mol. The first-order valence-electron chi connectivity index (χ1n) is 10.3. The fourth-order valence-corrected chi connectivity index (χ4v) is 2.84. The number of halogens is 1. The molecule has 2 N–H and O–H groups in total. The third-order valence-corrected chi connectivity index (χ3v) is 4.46. The van der Waals surface area contributed by atoms with E-state index in [0.29, 0.717) is 29.4 Å². The van der Waals surface area contributed by atoms with E-state index >= 15 is 0 Å². The van der Waals surface area contributed by atoms with Gasteiger partial charge in [0.15, 0.2) is 18.1 Å². The van der Waals surface area contributed by atoms with E-state index in [1.54, 1.807) is 24.3 Å². The maximum atomic E-state index is 13.7. The van der Waals surface area contributed by atoms with E-state index in [2.05, 4.69) is 15.8 Å². The molecular formula is C25H24FN3O4. The van der Waals surface area contributed by atoms with E-state index in [0.717, 1.165) is 5.56 Å². The predicted molar refractivity (Wildman–Crippen MR) is 124 cm³/mol. The number of benzene rings is 3. The molecule has 170 valence electrons. The third-order valence-electron chi connectivity index (χ3n) is 4.46. The van der Waals surface area contributed by atoms with E-state index < -0.39 is 11.7 Å². The van der Waals surface area contributed by atoms with Crippen molar-refractivity contribution in [1.29, 1.82) is 0 Å². The number of nitrogens with one attached hydrogen (secondary N) is 2. The zero-order valence-corrected chi connectivity index (χ0v) is 18.3. The molecule has 0 fully saturated rings. The second kappa shape index (κ2) is 11.4. The SMILES string of the molecule is CCOc1cc(/C=N\NC(=O)c2ccccc2F)ccc1OCC(=O)Nc1ccc(C)cc1. The number of nitrogens with zero attached hydrogens (tertiary/aromatic N) is 1. The number of anilines is 1. The molecule has 2 amide bonds. The largest absolute Gasteiger partial charge is 0.490 e. The molecule has 3 aromatic carbocycles. The van der Waals surface area contributed by atoms with Crippen LogP contribution in [0.5, 0.6) is 11.5 Å². The van der Waals surface area contributed by atoms with Gasteiger partial charge in [0.1, 0.15) is 5.82 Å². The van der Waals surface area contributed by atoms with Gasteiger partial charge < -0.3 is 14.8 Å². The van der Waals surface area contributed by atoms with Crippen LogP contribution in [-0.4, -0.2) is 31.2 Å². The lowest BCUT2D eigenvalue weighted by molar-refractivity contribution is -0.118. The topological polar surface area (TPSA) is 89.0 Å². The molecule has 0 saturated heterocycles. The van der Waals surface area contributed by atoms with Crippen LogP contribution in [0, 0.1) is 12.7 Å². The van der Waals surface area contributed by atoms with Gasteiger partial charge in [-0.15, -0.1) is 0 Å². The highest BCUT2D eigenvalue weighted by atomic mass is 19.1. The van der Waals surface area contributed by atoms with Gasteiger partial charge in [0.2, 0.25) is 0 Å². The first kappa shape index (κ1) is 23.5.